The second-order valence-electron chi connectivity index (χ2n) is 6.40. The number of fused-ring (bicyclic) bond motifs is 2. The second-order valence-corrected chi connectivity index (χ2v) is 6.77. The molecule has 130 valence electrons. The summed E-state index contributed by atoms with van der Waals surface area (Å²) in [5, 5.41) is 12.2. The Hall–Kier alpha value is -1.79. The van der Waals surface area contributed by atoms with Crippen LogP contribution in [0.3, 0.4) is 0 Å². The summed E-state index contributed by atoms with van der Waals surface area (Å²) in [6.45, 7) is 5.23. The fourth-order valence-corrected chi connectivity index (χ4v) is 3.37. The number of aliphatic imine (C=N–C) groups is 1. The Labute approximate surface area is 146 Å². The molecular weight excluding hydrogens is 330 g/mol. The molecule has 2 heterocycles. The topological polar surface area (TPSA) is 74.2 Å². The number of aliphatic hydroxyl groups excluding tert-OH is 1. The molecule has 0 spiro atoms. The molecule has 6 nitrogen and oxygen atoms in total. The molecule has 1 unspecified atom stereocenters. The normalized spacial score (nSPS) is 19.0. The van der Waals surface area contributed by atoms with E-state index >= 15 is 0 Å². The first-order valence-electron chi connectivity index (χ1n) is 8.24. The summed E-state index contributed by atoms with van der Waals surface area (Å²) in [6.07, 6.45) is 1.47. The van der Waals surface area contributed by atoms with Gasteiger partial charge in [-0.1, -0.05) is 25.4 Å². The molecule has 1 fully saturated rings. The number of amides is 1. The number of nitrogens with one attached hydrogen (secondary N) is 1. The largest absolute Gasteiger partial charge is 0.492 e. The van der Waals surface area contributed by atoms with Crippen LogP contribution in [0, 0.1) is 5.92 Å². The summed E-state index contributed by atoms with van der Waals surface area (Å²) in [6, 6.07) is 3.43. The van der Waals surface area contributed by atoms with E-state index in [0.717, 1.165) is 17.7 Å². The maximum atomic E-state index is 12.2. The predicted octanol–water partition coefficient (Wildman–Crippen LogP) is 2.45. The Kier molecular flexibility index (Phi) is 4.96. The van der Waals surface area contributed by atoms with Gasteiger partial charge in [0.05, 0.1) is 23.9 Å². The van der Waals surface area contributed by atoms with Crippen molar-refractivity contribution < 1.29 is 14.6 Å². The number of unbranched alkanes of at least 4 members (excludes halogenated alkanes) is 1. The van der Waals surface area contributed by atoms with E-state index < -0.39 is 0 Å². The van der Waals surface area contributed by atoms with Gasteiger partial charge in [-0.2, -0.15) is 0 Å². The van der Waals surface area contributed by atoms with E-state index in [2.05, 4.69) is 10.3 Å². The number of nitrogens with zero attached hydrogens (tertiary/aromatic N) is 2. The lowest BCUT2D eigenvalue weighted by Gasteiger charge is -2.30. The van der Waals surface area contributed by atoms with Crippen LogP contribution in [0.4, 0.5) is 5.69 Å². The molecule has 3 rings (SSSR count). The molecule has 24 heavy (non-hydrogen) atoms. The van der Waals surface area contributed by atoms with Crippen molar-refractivity contribution in [1.82, 2.24) is 10.2 Å². The minimum absolute atomic E-state index is 0.0202. The van der Waals surface area contributed by atoms with Crippen molar-refractivity contribution in [3.05, 3.63) is 22.7 Å². The third-order valence-electron chi connectivity index (χ3n) is 4.29. The van der Waals surface area contributed by atoms with Gasteiger partial charge in [0, 0.05) is 12.2 Å². The SMILES string of the molecule is CC(C)C1C(=O)NC2=Nc3ccc(OCCCCO)c(Cl)c3CN21. The summed E-state index contributed by atoms with van der Waals surface area (Å²) in [5.74, 6) is 1.37. The maximum Gasteiger partial charge on any atom is 0.249 e. The summed E-state index contributed by atoms with van der Waals surface area (Å²) >= 11 is 6.52. The van der Waals surface area contributed by atoms with Crippen LogP contribution in [0.5, 0.6) is 5.75 Å². The number of hydrogen-bond acceptors (Lipinski definition) is 5. The van der Waals surface area contributed by atoms with Crippen molar-refractivity contribution in [3.63, 3.8) is 0 Å². The van der Waals surface area contributed by atoms with E-state index in [1.807, 2.05) is 24.8 Å². The molecule has 1 aromatic rings. The first-order valence-corrected chi connectivity index (χ1v) is 8.62. The quantitative estimate of drug-likeness (QED) is 0.772. The molecule has 7 heteroatoms. The minimum atomic E-state index is -0.234. The zero-order valence-corrected chi connectivity index (χ0v) is 14.6. The molecule has 1 aromatic carbocycles. The summed E-state index contributed by atoms with van der Waals surface area (Å²) in [5.41, 5.74) is 1.64. The van der Waals surface area contributed by atoms with Gasteiger partial charge in [-0.15, -0.1) is 0 Å². The van der Waals surface area contributed by atoms with Crippen molar-refractivity contribution in [2.24, 2.45) is 10.9 Å². The van der Waals surface area contributed by atoms with Crippen LogP contribution < -0.4 is 10.1 Å². The monoisotopic (exact) mass is 351 g/mol. The molecule has 0 aromatic heterocycles. The van der Waals surface area contributed by atoms with Crippen molar-refractivity contribution in [2.45, 2.75) is 39.3 Å². The lowest BCUT2D eigenvalue weighted by Crippen LogP contribution is -2.40. The van der Waals surface area contributed by atoms with Crippen molar-refractivity contribution >= 4 is 29.2 Å². The average molecular weight is 352 g/mol. The van der Waals surface area contributed by atoms with Crippen molar-refractivity contribution in [1.29, 1.82) is 0 Å². The van der Waals surface area contributed by atoms with Gasteiger partial charge in [-0.3, -0.25) is 10.1 Å². The molecule has 2 N–H and O–H groups in total. The molecule has 1 saturated heterocycles. The van der Waals surface area contributed by atoms with Crippen LogP contribution in [0.2, 0.25) is 5.02 Å². The third-order valence-corrected chi connectivity index (χ3v) is 4.71. The van der Waals surface area contributed by atoms with E-state index in [1.54, 1.807) is 6.07 Å². The van der Waals surface area contributed by atoms with Crippen LogP contribution in [0.25, 0.3) is 0 Å². The zero-order valence-electron chi connectivity index (χ0n) is 13.9. The van der Waals surface area contributed by atoms with Crippen LogP contribution in [0.1, 0.15) is 32.3 Å². The molecule has 2 aliphatic heterocycles. The lowest BCUT2D eigenvalue weighted by atomic mass is 10.0. The number of ether oxygens (including phenoxy) is 1. The van der Waals surface area contributed by atoms with Gasteiger partial charge >= 0.3 is 0 Å². The number of hydrogen-bond donors (Lipinski definition) is 2. The average Bonchev–Trinajstić information content (AvgIpc) is 2.87. The van der Waals surface area contributed by atoms with E-state index in [0.29, 0.717) is 36.3 Å². The van der Waals surface area contributed by atoms with Gasteiger partial charge in [0.2, 0.25) is 11.9 Å². The Balaban J connectivity index is 1.83. The Morgan fingerprint density at radius 3 is 2.96 bits per heavy atom. The summed E-state index contributed by atoms with van der Waals surface area (Å²) in [4.78, 5) is 18.7. The number of halogens is 1. The predicted molar refractivity (Wildman–Crippen MR) is 92.7 cm³/mol. The fourth-order valence-electron chi connectivity index (χ4n) is 3.09. The number of carbonyl (C=O) groups is 1. The molecule has 1 atom stereocenters. The standard InChI is InChI=1S/C17H22ClN3O3/c1-10(2)15-16(23)20-17-19-12-5-6-13(24-8-4-3-7-22)14(18)11(12)9-21(15)17/h5-6,10,15,22H,3-4,7-9H2,1-2H3,(H,19,20,23). The zero-order chi connectivity index (χ0) is 17.3. The van der Waals surface area contributed by atoms with Gasteiger partial charge in [-0.25, -0.2) is 4.99 Å². The first kappa shape index (κ1) is 17.0. The number of carbonyl (C=O) groups excluding carboxylic acids is 1. The third kappa shape index (κ3) is 3.08. The van der Waals surface area contributed by atoms with Gasteiger partial charge in [-0.05, 0) is 30.9 Å². The van der Waals surface area contributed by atoms with E-state index in [-0.39, 0.29) is 24.5 Å². The molecule has 0 radical (unpaired) electrons. The number of benzene rings is 1. The Morgan fingerprint density at radius 1 is 1.46 bits per heavy atom. The summed E-state index contributed by atoms with van der Waals surface area (Å²) < 4.78 is 5.72. The number of rotatable bonds is 6. The smallest absolute Gasteiger partial charge is 0.249 e. The van der Waals surface area contributed by atoms with E-state index in [9.17, 15) is 4.79 Å². The molecular formula is C17H22ClN3O3. The van der Waals surface area contributed by atoms with E-state index in [4.69, 9.17) is 21.4 Å². The number of guanidine groups is 1. The second kappa shape index (κ2) is 6.99. The van der Waals surface area contributed by atoms with Gasteiger partial charge in [0.25, 0.3) is 0 Å². The molecule has 0 aliphatic carbocycles. The lowest BCUT2D eigenvalue weighted by molar-refractivity contribution is -0.122. The highest BCUT2D eigenvalue weighted by atomic mass is 35.5. The Morgan fingerprint density at radius 2 is 2.25 bits per heavy atom. The van der Waals surface area contributed by atoms with Crippen LogP contribution in [-0.2, 0) is 11.3 Å². The van der Waals surface area contributed by atoms with E-state index in [1.165, 1.54) is 0 Å². The minimum Gasteiger partial charge on any atom is -0.492 e. The van der Waals surface area contributed by atoms with Gasteiger partial charge < -0.3 is 14.7 Å². The molecule has 2 aliphatic rings. The highest BCUT2D eigenvalue weighted by Gasteiger charge is 2.41. The maximum absolute atomic E-state index is 12.2. The molecule has 1 amide bonds. The fraction of sp³-hybridized carbons (Fsp3) is 0.529. The van der Waals surface area contributed by atoms with Crippen LogP contribution in [-0.4, -0.2) is 41.1 Å². The molecule has 0 bridgehead atoms. The Bertz CT molecular complexity index is 675. The van der Waals surface area contributed by atoms with Gasteiger partial charge in [0.15, 0.2) is 0 Å². The summed E-state index contributed by atoms with van der Waals surface area (Å²) in [7, 11) is 0. The highest BCUT2D eigenvalue weighted by Crippen LogP contribution is 2.39. The van der Waals surface area contributed by atoms with Crippen molar-refractivity contribution in [2.75, 3.05) is 13.2 Å². The van der Waals surface area contributed by atoms with Crippen molar-refractivity contribution in [3.8, 4) is 5.75 Å². The van der Waals surface area contributed by atoms with Crippen LogP contribution in [0.15, 0.2) is 17.1 Å². The molecule has 0 saturated carbocycles. The van der Waals surface area contributed by atoms with Crippen LogP contribution >= 0.6 is 11.6 Å². The first-order chi connectivity index (χ1) is 11.5. The highest BCUT2D eigenvalue weighted by molar-refractivity contribution is 6.33. The number of aliphatic hydroxyl groups is 1. The van der Waals surface area contributed by atoms with Gasteiger partial charge in [0.1, 0.15) is 11.8 Å².